The van der Waals surface area contributed by atoms with E-state index in [1.54, 1.807) is 4.31 Å². The lowest BCUT2D eigenvalue weighted by molar-refractivity contribution is -0.133. The SMILES string of the molecule is COC(=O)c1c(S(=O)(=O)N2CCCCCCC2)sc2c1CCN(C(=O)CC1CCCCC1)C2. The van der Waals surface area contributed by atoms with Gasteiger partial charge in [0.2, 0.25) is 5.91 Å². The summed E-state index contributed by atoms with van der Waals surface area (Å²) in [7, 11) is -2.50. The summed E-state index contributed by atoms with van der Waals surface area (Å²) in [6.07, 6.45) is 11.8. The van der Waals surface area contributed by atoms with Crippen LogP contribution in [0, 0.1) is 5.92 Å². The third-order valence-corrected chi connectivity index (χ3v) is 11.0. The molecule has 7 nitrogen and oxygen atoms in total. The van der Waals surface area contributed by atoms with Crippen LogP contribution < -0.4 is 0 Å². The van der Waals surface area contributed by atoms with Crippen molar-refractivity contribution in [2.75, 3.05) is 26.7 Å². The van der Waals surface area contributed by atoms with Gasteiger partial charge < -0.3 is 9.64 Å². The minimum absolute atomic E-state index is 0.0986. The number of rotatable bonds is 5. The van der Waals surface area contributed by atoms with Gasteiger partial charge in [-0.25, -0.2) is 13.2 Å². The predicted molar refractivity (Wildman–Crippen MR) is 128 cm³/mol. The van der Waals surface area contributed by atoms with Gasteiger partial charge in [0.15, 0.2) is 0 Å². The fourth-order valence-electron chi connectivity index (χ4n) is 5.42. The molecule has 0 spiro atoms. The highest BCUT2D eigenvalue weighted by molar-refractivity contribution is 7.91. The van der Waals surface area contributed by atoms with Gasteiger partial charge in [-0.05, 0) is 43.6 Å². The Morgan fingerprint density at radius 1 is 0.970 bits per heavy atom. The molecule has 2 fully saturated rings. The van der Waals surface area contributed by atoms with E-state index in [4.69, 9.17) is 4.74 Å². The first-order valence-corrected chi connectivity index (χ1v) is 14.7. The first kappa shape index (κ1) is 24.7. The molecule has 4 rings (SSSR count). The van der Waals surface area contributed by atoms with Crippen LogP contribution in [0.2, 0.25) is 0 Å². The Kier molecular flexibility index (Phi) is 8.12. The highest BCUT2D eigenvalue weighted by atomic mass is 32.2. The van der Waals surface area contributed by atoms with E-state index in [1.165, 1.54) is 26.4 Å². The third kappa shape index (κ3) is 5.46. The quantitative estimate of drug-likeness (QED) is 0.566. The molecular weight excluding hydrogens is 460 g/mol. The normalized spacial score (nSPS) is 21.2. The van der Waals surface area contributed by atoms with Crippen LogP contribution in [0.5, 0.6) is 0 Å². The molecule has 1 amide bonds. The minimum Gasteiger partial charge on any atom is -0.465 e. The highest BCUT2D eigenvalue weighted by Gasteiger charge is 2.37. The van der Waals surface area contributed by atoms with E-state index in [0.717, 1.165) is 66.7 Å². The van der Waals surface area contributed by atoms with Gasteiger partial charge in [-0.2, -0.15) is 4.31 Å². The van der Waals surface area contributed by atoms with Crippen LogP contribution in [0.4, 0.5) is 0 Å². The Hall–Kier alpha value is -1.45. The van der Waals surface area contributed by atoms with Gasteiger partial charge >= 0.3 is 5.97 Å². The van der Waals surface area contributed by atoms with E-state index in [-0.39, 0.29) is 15.7 Å². The van der Waals surface area contributed by atoms with E-state index in [0.29, 0.717) is 44.9 Å². The third-order valence-electron chi connectivity index (χ3n) is 7.34. The second-order valence-corrected chi connectivity index (χ2v) is 12.8. The Balaban J connectivity index is 1.58. The molecular formula is C24H36N2O5S2. The van der Waals surface area contributed by atoms with E-state index < -0.39 is 16.0 Å². The number of carbonyl (C=O) groups excluding carboxylic acids is 2. The first-order valence-electron chi connectivity index (χ1n) is 12.4. The maximum absolute atomic E-state index is 13.6. The van der Waals surface area contributed by atoms with Gasteiger partial charge in [-0.15, -0.1) is 11.3 Å². The molecule has 1 aromatic heterocycles. The number of nitrogens with zero attached hydrogens (tertiary/aromatic N) is 2. The molecule has 33 heavy (non-hydrogen) atoms. The second-order valence-electron chi connectivity index (χ2n) is 9.60. The first-order chi connectivity index (χ1) is 15.9. The van der Waals surface area contributed by atoms with Gasteiger partial charge in [0.25, 0.3) is 10.0 Å². The Morgan fingerprint density at radius 3 is 2.27 bits per heavy atom. The van der Waals surface area contributed by atoms with Gasteiger partial charge in [0.05, 0.1) is 19.2 Å². The lowest BCUT2D eigenvalue weighted by Gasteiger charge is -2.30. The molecule has 1 aromatic rings. The molecule has 2 aliphatic heterocycles. The number of methoxy groups -OCH3 is 1. The van der Waals surface area contributed by atoms with Gasteiger partial charge in [0, 0.05) is 30.9 Å². The molecule has 1 saturated heterocycles. The van der Waals surface area contributed by atoms with Crippen molar-refractivity contribution in [3.63, 3.8) is 0 Å². The van der Waals surface area contributed by atoms with Gasteiger partial charge in [-0.1, -0.05) is 38.5 Å². The summed E-state index contributed by atoms with van der Waals surface area (Å²) in [5.41, 5.74) is 0.943. The van der Waals surface area contributed by atoms with Crippen LogP contribution in [0.3, 0.4) is 0 Å². The Bertz CT molecular complexity index is 958. The average Bonchev–Trinajstić information content (AvgIpc) is 3.18. The van der Waals surface area contributed by atoms with Gasteiger partial charge in [-0.3, -0.25) is 4.79 Å². The number of hydrogen-bond donors (Lipinski definition) is 0. The van der Waals surface area contributed by atoms with Crippen LogP contribution in [-0.4, -0.2) is 56.2 Å². The highest BCUT2D eigenvalue weighted by Crippen LogP contribution is 2.39. The standard InChI is InChI=1S/C24H36N2O5S2/c1-31-23(28)22-19-12-15-25(21(27)16-18-10-6-5-7-11-18)17-20(19)32-24(22)33(29,30)26-13-8-3-2-4-9-14-26/h18H,2-17H2,1H3. The zero-order valence-corrected chi connectivity index (χ0v) is 21.3. The number of esters is 1. The molecule has 0 atom stereocenters. The van der Waals surface area contributed by atoms with Crippen LogP contribution in [0.1, 0.15) is 91.4 Å². The maximum Gasteiger partial charge on any atom is 0.340 e. The summed E-state index contributed by atoms with van der Waals surface area (Å²) < 4.78 is 33.9. The fraction of sp³-hybridized carbons (Fsp3) is 0.750. The van der Waals surface area contributed by atoms with Crippen molar-refractivity contribution in [1.29, 1.82) is 0 Å². The zero-order chi connectivity index (χ0) is 23.4. The summed E-state index contributed by atoms with van der Waals surface area (Å²) in [6.45, 7) is 1.86. The van der Waals surface area contributed by atoms with Crippen LogP contribution in [0.25, 0.3) is 0 Å². The summed E-state index contributed by atoms with van der Waals surface area (Å²) >= 11 is 1.16. The Labute approximate surface area is 201 Å². The largest absolute Gasteiger partial charge is 0.465 e. The monoisotopic (exact) mass is 496 g/mol. The number of thiophene rings is 1. The van der Waals surface area contributed by atoms with Crippen LogP contribution >= 0.6 is 11.3 Å². The number of ether oxygens (including phenoxy) is 1. The molecule has 184 valence electrons. The number of amides is 1. The molecule has 0 N–H and O–H groups in total. The van der Waals surface area contributed by atoms with Crippen LogP contribution in [-0.2, 0) is 32.5 Å². The molecule has 9 heteroatoms. The van der Waals surface area contributed by atoms with Crippen molar-refractivity contribution < 1.29 is 22.7 Å². The number of fused-ring (bicyclic) bond motifs is 1. The molecule has 1 aliphatic carbocycles. The smallest absolute Gasteiger partial charge is 0.340 e. The molecule has 0 bridgehead atoms. The molecule has 3 aliphatic rings. The van der Waals surface area contributed by atoms with Crippen molar-refractivity contribution in [2.45, 2.75) is 87.8 Å². The van der Waals surface area contributed by atoms with Crippen molar-refractivity contribution >= 4 is 33.2 Å². The lowest BCUT2D eigenvalue weighted by Crippen LogP contribution is -2.37. The molecule has 0 aromatic carbocycles. The Morgan fingerprint density at radius 2 is 1.61 bits per heavy atom. The van der Waals surface area contributed by atoms with Crippen molar-refractivity contribution in [2.24, 2.45) is 5.92 Å². The number of sulfonamides is 1. The van der Waals surface area contributed by atoms with E-state index in [2.05, 4.69) is 0 Å². The molecule has 0 radical (unpaired) electrons. The summed E-state index contributed by atoms with van der Waals surface area (Å²) in [6, 6.07) is 0. The molecule has 1 saturated carbocycles. The topological polar surface area (TPSA) is 84.0 Å². The molecule has 0 unspecified atom stereocenters. The fourth-order valence-corrected chi connectivity index (χ4v) is 8.98. The molecule has 3 heterocycles. The minimum atomic E-state index is -3.79. The average molecular weight is 497 g/mol. The van der Waals surface area contributed by atoms with E-state index in [1.807, 2.05) is 4.90 Å². The van der Waals surface area contributed by atoms with Crippen LogP contribution in [0.15, 0.2) is 4.21 Å². The maximum atomic E-state index is 13.6. The lowest BCUT2D eigenvalue weighted by atomic mass is 9.86. The zero-order valence-electron chi connectivity index (χ0n) is 19.6. The van der Waals surface area contributed by atoms with Crippen molar-refractivity contribution in [3.05, 3.63) is 16.0 Å². The number of hydrogen-bond acceptors (Lipinski definition) is 6. The second kappa shape index (κ2) is 10.9. The number of carbonyl (C=O) groups is 2. The summed E-state index contributed by atoms with van der Waals surface area (Å²) in [4.78, 5) is 28.4. The van der Waals surface area contributed by atoms with Crippen molar-refractivity contribution in [3.8, 4) is 0 Å². The predicted octanol–water partition coefficient (Wildman–Crippen LogP) is 4.34. The summed E-state index contributed by atoms with van der Waals surface area (Å²) in [5, 5.41) is 0. The summed E-state index contributed by atoms with van der Waals surface area (Å²) in [5.74, 6) is 0.0125. The van der Waals surface area contributed by atoms with E-state index in [9.17, 15) is 18.0 Å². The van der Waals surface area contributed by atoms with E-state index >= 15 is 0 Å². The van der Waals surface area contributed by atoms with Crippen molar-refractivity contribution in [1.82, 2.24) is 9.21 Å². The van der Waals surface area contributed by atoms with Gasteiger partial charge in [0.1, 0.15) is 4.21 Å².